The van der Waals surface area contributed by atoms with E-state index >= 15 is 0 Å². The number of amides is 1. The summed E-state index contributed by atoms with van der Waals surface area (Å²) in [6, 6.07) is 21.0. The van der Waals surface area contributed by atoms with Gasteiger partial charge in [-0.25, -0.2) is 9.18 Å². The fraction of sp³-hybridized carbons (Fsp3) is 0.323. The molecule has 1 heterocycles. The van der Waals surface area contributed by atoms with Crippen LogP contribution in [0.5, 0.6) is 5.75 Å². The third-order valence-corrected chi connectivity index (χ3v) is 7.86. The highest BCUT2D eigenvalue weighted by Gasteiger charge is 2.52. The number of benzene rings is 3. The van der Waals surface area contributed by atoms with E-state index in [1.807, 2.05) is 58.0 Å². The minimum Gasteiger partial charge on any atom is -0.494 e. The summed E-state index contributed by atoms with van der Waals surface area (Å²) < 4.78 is 37.3. The maximum Gasteiger partial charge on any atom is 0.492 e. The van der Waals surface area contributed by atoms with Crippen molar-refractivity contribution >= 4 is 19.3 Å². The molecule has 1 amide bonds. The van der Waals surface area contributed by atoms with Crippen LogP contribution >= 0.6 is 0 Å². The van der Waals surface area contributed by atoms with Gasteiger partial charge in [0.15, 0.2) is 11.6 Å². The first-order valence-electron chi connectivity index (χ1n) is 13.1. The number of fused-ring (bicyclic) bond motifs is 3. The molecule has 1 aliphatic carbocycles. The Kier molecular flexibility index (Phi) is 7.27. The van der Waals surface area contributed by atoms with Crippen molar-refractivity contribution in [3.63, 3.8) is 0 Å². The summed E-state index contributed by atoms with van der Waals surface area (Å²) in [5.74, 6) is -0.363. The van der Waals surface area contributed by atoms with Crippen LogP contribution in [0.25, 0.3) is 17.2 Å². The van der Waals surface area contributed by atoms with Crippen LogP contribution in [0.15, 0.2) is 72.2 Å². The van der Waals surface area contributed by atoms with Gasteiger partial charge in [-0.2, -0.15) is 0 Å². The molecule has 0 unspecified atom stereocenters. The average molecular weight is 529 g/mol. The summed E-state index contributed by atoms with van der Waals surface area (Å²) >= 11 is 0. The molecule has 0 saturated carbocycles. The Morgan fingerprint density at radius 1 is 0.974 bits per heavy atom. The second kappa shape index (κ2) is 10.5. The number of alkyl carbamates (subject to hydrolysis) is 1. The van der Waals surface area contributed by atoms with Crippen molar-refractivity contribution in [2.45, 2.75) is 44.8 Å². The lowest BCUT2D eigenvalue weighted by molar-refractivity contribution is 0.00578. The molecule has 6 nitrogen and oxygen atoms in total. The zero-order valence-electron chi connectivity index (χ0n) is 22.9. The van der Waals surface area contributed by atoms with Gasteiger partial charge in [0, 0.05) is 12.5 Å². The van der Waals surface area contributed by atoms with Gasteiger partial charge in [-0.1, -0.05) is 60.7 Å². The molecule has 3 aromatic rings. The first-order chi connectivity index (χ1) is 18.6. The minimum absolute atomic E-state index is 0.0343. The fourth-order valence-corrected chi connectivity index (χ4v) is 5.00. The quantitative estimate of drug-likeness (QED) is 0.360. The Morgan fingerprint density at radius 3 is 2.15 bits per heavy atom. The lowest BCUT2D eigenvalue weighted by atomic mass is 9.77. The van der Waals surface area contributed by atoms with Gasteiger partial charge in [0.2, 0.25) is 0 Å². The number of carbonyl (C=O) groups excluding carboxylic acids is 1. The summed E-state index contributed by atoms with van der Waals surface area (Å²) in [4.78, 5) is 12.9. The molecule has 1 aliphatic heterocycles. The molecule has 1 N–H and O–H groups in total. The van der Waals surface area contributed by atoms with Crippen LogP contribution in [-0.2, 0) is 14.0 Å². The monoisotopic (exact) mass is 529 g/mol. The van der Waals surface area contributed by atoms with Gasteiger partial charge in [-0.05, 0) is 73.1 Å². The van der Waals surface area contributed by atoms with E-state index in [4.69, 9.17) is 18.8 Å². The number of nitrogens with one attached hydrogen (secondary N) is 1. The molecule has 0 atom stereocenters. The molecule has 5 rings (SSSR count). The van der Waals surface area contributed by atoms with Crippen molar-refractivity contribution in [2.75, 3.05) is 20.3 Å². The number of hydrogen-bond donors (Lipinski definition) is 1. The topological polar surface area (TPSA) is 66.0 Å². The molecule has 1 fully saturated rings. The van der Waals surface area contributed by atoms with E-state index in [9.17, 15) is 9.18 Å². The minimum atomic E-state index is -0.708. The predicted molar refractivity (Wildman–Crippen MR) is 150 cm³/mol. The molecule has 0 spiro atoms. The molecule has 39 heavy (non-hydrogen) atoms. The number of rotatable bonds is 7. The maximum absolute atomic E-state index is 14.0. The maximum atomic E-state index is 14.0. The van der Waals surface area contributed by atoms with Gasteiger partial charge in [0.05, 0.1) is 18.3 Å². The highest BCUT2D eigenvalue weighted by molar-refractivity contribution is 6.56. The molecule has 8 heteroatoms. The van der Waals surface area contributed by atoms with E-state index in [2.05, 4.69) is 29.6 Å². The van der Waals surface area contributed by atoms with Crippen LogP contribution in [0, 0.1) is 5.82 Å². The Morgan fingerprint density at radius 2 is 1.56 bits per heavy atom. The normalized spacial score (nSPS) is 17.5. The molecule has 0 bridgehead atoms. The molecule has 202 valence electrons. The van der Waals surface area contributed by atoms with Gasteiger partial charge in [-0.15, -0.1) is 0 Å². The summed E-state index contributed by atoms with van der Waals surface area (Å²) in [5, 5.41) is 2.85. The number of methoxy groups -OCH3 is 1. The van der Waals surface area contributed by atoms with Gasteiger partial charge >= 0.3 is 13.2 Å². The number of carbonyl (C=O) groups is 1. The highest BCUT2D eigenvalue weighted by Crippen LogP contribution is 2.44. The van der Waals surface area contributed by atoms with E-state index in [0.717, 1.165) is 11.1 Å². The van der Waals surface area contributed by atoms with Gasteiger partial charge in [-0.3, -0.25) is 0 Å². The summed E-state index contributed by atoms with van der Waals surface area (Å²) in [6.45, 7) is 8.18. The lowest BCUT2D eigenvalue weighted by Crippen LogP contribution is -2.41. The molecule has 0 radical (unpaired) electrons. The van der Waals surface area contributed by atoms with Crippen LogP contribution in [0.3, 0.4) is 0 Å². The van der Waals surface area contributed by atoms with E-state index in [0.29, 0.717) is 11.0 Å². The number of ether oxygens (including phenoxy) is 2. The number of halogens is 1. The zero-order valence-corrected chi connectivity index (χ0v) is 22.9. The average Bonchev–Trinajstić information content (AvgIpc) is 3.35. The van der Waals surface area contributed by atoms with E-state index in [1.165, 1.54) is 24.3 Å². The fourth-order valence-electron chi connectivity index (χ4n) is 5.00. The van der Waals surface area contributed by atoms with Crippen molar-refractivity contribution in [3.8, 4) is 16.9 Å². The Balaban J connectivity index is 1.31. The SMILES string of the molecule is COc1cc(C=C(CNC(=O)OCC2c3ccccc3-c3ccccc32)B2OC(C)(C)C(C)(C)O2)ccc1F. The van der Waals surface area contributed by atoms with Crippen LogP contribution in [-0.4, -0.2) is 44.7 Å². The van der Waals surface area contributed by atoms with Crippen molar-refractivity contribution in [3.05, 3.63) is 94.7 Å². The molecular weight excluding hydrogens is 496 g/mol. The summed E-state index contributed by atoms with van der Waals surface area (Å²) in [7, 11) is 0.708. The van der Waals surface area contributed by atoms with Crippen molar-refractivity contribution in [2.24, 2.45) is 0 Å². The first kappa shape index (κ1) is 27.0. The first-order valence-corrected chi connectivity index (χ1v) is 13.1. The number of hydrogen-bond acceptors (Lipinski definition) is 5. The van der Waals surface area contributed by atoms with Crippen LogP contribution in [0.2, 0.25) is 0 Å². The Hall–Kier alpha value is -3.62. The van der Waals surface area contributed by atoms with E-state index in [-0.39, 0.29) is 24.8 Å². The molecule has 1 saturated heterocycles. The molecule has 3 aromatic carbocycles. The third kappa shape index (κ3) is 5.31. The second-order valence-electron chi connectivity index (χ2n) is 10.9. The smallest absolute Gasteiger partial charge is 0.492 e. The Bertz CT molecular complexity index is 1360. The van der Waals surface area contributed by atoms with Crippen molar-refractivity contribution < 1.29 is 28.0 Å². The van der Waals surface area contributed by atoms with Gasteiger partial charge in [0.25, 0.3) is 0 Å². The standard InChI is InChI=1S/C31H33BFNO5/c1-30(2)31(3,4)39-32(38-30)21(16-20-14-15-27(33)28(17-20)36-5)18-34-29(35)37-19-26-24-12-8-6-10-22(24)23-11-7-9-13-25(23)26/h6-17,26H,18-19H2,1-5H3,(H,34,35). The summed E-state index contributed by atoms with van der Waals surface area (Å²) in [5.41, 5.74) is 4.85. The van der Waals surface area contributed by atoms with Crippen molar-refractivity contribution in [1.82, 2.24) is 5.32 Å². The van der Waals surface area contributed by atoms with Crippen LogP contribution in [0.1, 0.15) is 50.3 Å². The molecular formula is C31H33BFNO5. The molecule has 0 aromatic heterocycles. The summed E-state index contributed by atoms with van der Waals surface area (Å²) in [6.07, 6.45) is 1.27. The van der Waals surface area contributed by atoms with Crippen LogP contribution in [0.4, 0.5) is 9.18 Å². The van der Waals surface area contributed by atoms with Crippen LogP contribution < -0.4 is 10.1 Å². The molecule has 2 aliphatic rings. The van der Waals surface area contributed by atoms with Crippen molar-refractivity contribution in [1.29, 1.82) is 0 Å². The third-order valence-electron chi connectivity index (χ3n) is 7.86. The van der Waals surface area contributed by atoms with E-state index in [1.54, 1.807) is 12.1 Å². The van der Waals surface area contributed by atoms with E-state index < -0.39 is 30.2 Å². The highest BCUT2D eigenvalue weighted by atomic mass is 19.1. The second-order valence-corrected chi connectivity index (χ2v) is 10.9. The predicted octanol–water partition coefficient (Wildman–Crippen LogP) is 6.39. The lowest BCUT2D eigenvalue weighted by Gasteiger charge is -2.32. The van der Waals surface area contributed by atoms with Gasteiger partial charge < -0.3 is 24.1 Å². The zero-order chi connectivity index (χ0) is 27.8. The largest absolute Gasteiger partial charge is 0.494 e. The Labute approximate surface area is 229 Å². The van der Waals surface area contributed by atoms with Gasteiger partial charge in [0.1, 0.15) is 6.61 Å².